The lowest BCUT2D eigenvalue weighted by molar-refractivity contribution is -0.0815. The molecule has 1 saturated heterocycles. The highest BCUT2D eigenvalue weighted by molar-refractivity contribution is 5.78. The second-order valence-corrected chi connectivity index (χ2v) is 8.67. The van der Waals surface area contributed by atoms with Crippen LogP contribution >= 0.6 is 0 Å². The Labute approximate surface area is 199 Å². The lowest BCUT2D eigenvalue weighted by Gasteiger charge is -2.33. The number of ether oxygens (including phenoxy) is 2. The summed E-state index contributed by atoms with van der Waals surface area (Å²) in [6.45, 7) is 4.61. The Morgan fingerprint density at radius 1 is 1.06 bits per heavy atom. The molecule has 0 atom stereocenters. The van der Waals surface area contributed by atoms with Crippen molar-refractivity contribution in [1.82, 2.24) is 14.9 Å². The molecule has 1 aliphatic rings. The predicted molar refractivity (Wildman–Crippen MR) is 128 cm³/mol. The van der Waals surface area contributed by atoms with Crippen molar-refractivity contribution in [2.75, 3.05) is 27.3 Å². The molecule has 0 unspecified atom stereocenters. The van der Waals surface area contributed by atoms with Gasteiger partial charge in [-0.1, -0.05) is 12.1 Å². The quantitative estimate of drug-likeness (QED) is 0.386. The molecule has 0 aliphatic carbocycles. The number of oxazole rings is 1. The van der Waals surface area contributed by atoms with Crippen molar-refractivity contribution in [2.45, 2.75) is 38.6 Å². The fourth-order valence-electron chi connectivity index (χ4n) is 4.10. The van der Waals surface area contributed by atoms with Crippen molar-refractivity contribution < 1.29 is 23.9 Å². The standard InChI is InChI=1S/C26H31N3O5/c1-17(2)29(31)26(30)28-14-12-19(13-15-28)25-27-23(20-6-5-7-22(16-20)33-4)24(34-25)18-8-10-21(32-3)11-9-18/h5-11,16-17,19,31H,12-15H2,1-4H3. The number of likely N-dealkylation sites (tertiary alicyclic amines) is 1. The molecule has 8 nitrogen and oxygen atoms in total. The number of rotatable bonds is 6. The second-order valence-electron chi connectivity index (χ2n) is 8.67. The molecular weight excluding hydrogens is 434 g/mol. The van der Waals surface area contributed by atoms with Gasteiger partial charge in [-0.3, -0.25) is 5.21 Å². The van der Waals surface area contributed by atoms with Crippen molar-refractivity contribution in [3.63, 3.8) is 0 Å². The average Bonchev–Trinajstić information content (AvgIpc) is 3.33. The molecule has 1 aromatic heterocycles. The van der Waals surface area contributed by atoms with Crippen LogP contribution in [-0.4, -0.2) is 59.5 Å². The van der Waals surface area contributed by atoms with Crippen molar-refractivity contribution >= 4 is 6.03 Å². The van der Waals surface area contributed by atoms with Gasteiger partial charge in [0.1, 0.15) is 17.2 Å². The third kappa shape index (κ3) is 4.87. The zero-order valence-corrected chi connectivity index (χ0v) is 20.0. The van der Waals surface area contributed by atoms with Gasteiger partial charge >= 0.3 is 6.03 Å². The van der Waals surface area contributed by atoms with Crippen LogP contribution in [-0.2, 0) is 0 Å². The number of carbonyl (C=O) groups is 1. The number of piperidine rings is 1. The second kappa shape index (κ2) is 10.2. The summed E-state index contributed by atoms with van der Waals surface area (Å²) in [4.78, 5) is 19.1. The lowest BCUT2D eigenvalue weighted by Crippen LogP contribution is -2.47. The number of benzene rings is 2. The smallest absolute Gasteiger partial charge is 0.343 e. The maximum Gasteiger partial charge on any atom is 0.343 e. The Kier molecular flexibility index (Phi) is 7.07. The van der Waals surface area contributed by atoms with E-state index < -0.39 is 0 Å². The van der Waals surface area contributed by atoms with E-state index in [1.54, 1.807) is 33.0 Å². The highest BCUT2D eigenvalue weighted by Crippen LogP contribution is 2.38. The van der Waals surface area contributed by atoms with Gasteiger partial charge in [-0.15, -0.1) is 0 Å². The van der Waals surface area contributed by atoms with Crippen molar-refractivity contribution in [2.24, 2.45) is 0 Å². The van der Waals surface area contributed by atoms with Crippen molar-refractivity contribution in [1.29, 1.82) is 0 Å². The summed E-state index contributed by atoms with van der Waals surface area (Å²) < 4.78 is 17.1. The molecular formula is C26H31N3O5. The Morgan fingerprint density at radius 3 is 2.35 bits per heavy atom. The number of hydroxylamine groups is 2. The molecule has 2 amide bonds. The SMILES string of the molecule is COc1ccc(-c2oc(C3CCN(C(=O)N(O)C(C)C)CC3)nc2-c2cccc(OC)c2)cc1. The number of methoxy groups -OCH3 is 2. The van der Waals surface area contributed by atoms with Gasteiger partial charge in [-0.2, -0.15) is 0 Å². The summed E-state index contributed by atoms with van der Waals surface area (Å²) in [5.74, 6) is 2.92. The first-order chi connectivity index (χ1) is 16.4. The van der Waals surface area contributed by atoms with Crippen LogP contribution in [0.15, 0.2) is 52.9 Å². The van der Waals surface area contributed by atoms with Crippen LogP contribution < -0.4 is 9.47 Å². The zero-order valence-electron chi connectivity index (χ0n) is 20.0. The number of urea groups is 1. The van der Waals surface area contributed by atoms with E-state index in [1.807, 2.05) is 48.5 Å². The van der Waals surface area contributed by atoms with E-state index in [0.717, 1.165) is 33.4 Å². The van der Waals surface area contributed by atoms with Crippen LogP contribution in [0.25, 0.3) is 22.6 Å². The van der Waals surface area contributed by atoms with E-state index >= 15 is 0 Å². The number of nitrogens with zero attached hydrogens (tertiary/aromatic N) is 3. The first kappa shape index (κ1) is 23.6. The fourth-order valence-corrected chi connectivity index (χ4v) is 4.10. The zero-order chi connectivity index (χ0) is 24.2. The molecule has 34 heavy (non-hydrogen) atoms. The van der Waals surface area contributed by atoms with Crippen LogP contribution in [0.5, 0.6) is 11.5 Å². The molecule has 8 heteroatoms. The number of hydrogen-bond donors (Lipinski definition) is 1. The lowest BCUT2D eigenvalue weighted by atomic mass is 9.97. The van der Waals surface area contributed by atoms with Crippen LogP contribution in [0.4, 0.5) is 4.79 Å². The Balaban J connectivity index is 1.62. The summed E-state index contributed by atoms with van der Waals surface area (Å²) in [7, 11) is 3.27. The van der Waals surface area contributed by atoms with Crippen LogP contribution in [0.1, 0.15) is 38.5 Å². The third-order valence-corrected chi connectivity index (χ3v) is 6.14. The molecule has 0 bridgehead atoms. The van der Waals surface area contributed by atoms with Gasteiger partial charge in [0.2, 0.25) is 0 Å². The molecule has 1 fully saturated rings. The average molecular weight is 466 g/mol. The maximum atomic E-state index is 12.5. The summed E-state index contributed by atoms with van der Waals surface area (Å²) >= 11 is 0. The molecule has 180 valence electrons. The van der Waals surface area contributed by atoms with E-state index in [1.165, 1.54) is 0 Å². The number of carbonyl (C=O) groups excluding carboxylic acids is 1. The van der Waals surface area contributed by atoms with Crippen molar-refractivity contribution in [3.05, 3.63) is 54.4 Å². The first-order valence-corrected chi connectivity index (χ1v) is 11.5. The van der Waals surface area contributed by atoms with Gasteiger partial charge in [0, 0.05) is 30.1 Å². The maximum absolute atomic E-state index is 12.5. The summed E-state index contributed by atoms with van der Waals surface area (Å²) in [5.41, 5.74) is 2.55. The molecule has 0 saturated carbocycles. The topological polar surface area (TPSA) is 88.3 Å². The monoisotopic (exact) mass is 465 g/mol. The third-order valence-electron chi connectivity index (χ3n) is 6.14. The molecule has 1 aliphatic heterocycles. The van der Waals surface area contributed by atoms with E-state index in [0.29, 0.717) is 37.6 Å². The van der Waals surface area contributed by atoms with E-state index in [9.17, 15) is 10.0 Å². The molecule has 3 aromatic rings. The van der Waals surface area contributed by atoms with Gasteiger partial charge in [-0.25, -0.2) is 14.8 Å². The van der Waals surface area contributed by atoms with Gasteiger partial charge < -0.3 is 18.8 Å². The Morgan fingerprint density at radius 2 is 1.74 bits per heavy atom. The normalized spacial score (nSPS) is 14.4. The molecule has 2 aromatic carbocycles. The first-order valence-electron chi connectivity index (χ1n) is 11.5. The Bertz CT molecular complexity index is 1120. The number of amides is 2. The van der Waals surface area contributed by atoms with Crippen LogP contribution in [0.3, 0.4) is 0 Å². The number of hydrogen-bond acceptors (Lipinski definition) is 6. The summed E-state index contributed by atoms with van der Waals surface area (Å²) in [5, 5.41) is 10.8. The van der Waals surface area contributed by atoms with E-state index in [-0.39, 0.29) is 18.0 Å². The fraction of sp³-hybridized carbons (Fsp3) is 0.385. The number of aromatic nitrogens is 1. The van der Waals surface area contributed by atoms with Gasteiger partial charge in [0.25, 0.3) is 0 Å². The van der Waals surface area contributed by atoms with Crippen LogP contribution in [0, 0.1) is 0 Å². The predicted octanol–water partition coefficient (Wildman–Crippen LogP) is 5.42. The summed E-state index contributed by atoms with van der Waals surface area (Å²) in [6.07, 6.45) is 1.41. The minimum Gasteiger partial charge on any atom is -0.497 e. The highest BCUT2D eigenvalue weighted by Gasteiger charge is 2.31. The van der Waals surface area contributed by atoms with Crippen molar-refractivity contribution in [3.8, 4) is 34.1 Å². The van der Waals surface area contributed by atoms with E-state index in [2.05, 4.69) is 0 Å². The van der Waals surface area contributed by atoms with Gasteiger partial charge in [0.05, 0.1) is 20.3 Å². The Hall–Kier alpha value is -3.52. The minimum absolute atomic E-state index is 0.0756. The van der Waals surface area contributed by atoms with Gasteiger partial charge in [0.15, 0.2) is 11.7 Å². The highest BCUT2D eigenvalue weighted by atomic mass is 16.5. The summed E-state index contributed by atoms with van der Waals surface area (Å²) in [6, 6.07) is 14.8. The molecule has 0 spiro atoms. The minimum atomic E-state index is -0.364. The molecule has 2 heterocycles. The van der Waals surface area contributed by atoms with E-state index in [4.69, 9.17) is 18.9 Å². The molecule has 4 rings (SSSR count). The van der Waals surface area contributed by atoms with Gasteiger partial charge in [-0.05, 0) is 63.1 Å². The molecule has 0 radical (unpaired) electrons. The molecule has 1 N–H and O–H groups in total. The largest absolute Gasteiger partial charge is 0.497 e. The van der Waals surface area contributed by atoms with Crippen LogP contribution in [0.2, 0.25) is 0 Å².